The van der Waals surface area contributed by atoms with Gasteiger partial charge in [0.2, 0.25) is 5.91 Å². The molecular weight excluding hydrogens is 152 g/mol. The average molecular weight is 160 g/mol. The number of thioether (sulfide) groups is 1. The minimum Gasteiger partial charge on any atom is -0.369 e. The molecule has 0 bridgehead atoms. The maximum Gasteiger partial charge on any atom is 0.227 e. The van der Waals surface area contributed by atoms with Crippen LogP contribution in [0, 0.1) is 0 Å². The number of nitrogens with two attached hydrogens (primary N) is 1. The molecule has 1 amide bonds. The normalized spacial score (nSPS) is 8.40. The lowest BCUT2D eigenvalue weighted by Crippen LogP contribution is -2.13. The van der Waals surface area contributed by atoms with Gasteiger partial charge in [0.25, 0.3) is 0 Å². The monoisotopic (exact) mass is 160 g/mol. The fraction of sp³-hybridized carbons (Fsp3) is 0.750. The average Bonchev–Trinajstić information content (AvgIpc) is 1.87. The highest BCUT2D eigenvalue weighted by atomic mass is 32.2. The molecule has 0 aromatic rings. The number of hydrogen-bond acceptors (Lipinski definition) is 3. The summed E-state index contributed by atoms with van der Waals surface area (Å²) in [5.41, 5.74) is 12.7. The summed E-state index contributed by atoms with van der Waals surface area (Å²) < 4.78 is 0. The summed E-state index contributed by atoms with van der Waals surface area (Å²) in [5, 5.41) is 3.28. The van der Waals surface area contributed by atoms with Gasteiger partial charge >= 0.3 is 0 Å². The molecule has 0 heterocycles. The van der Waals surface area contributed by atoms with Crippen molar-refractivity contribution in [3.8, 4) is 0 Å². The SMILES string of the molecule is [N-]=[N+]=NCCSCC(N)=O. The third kappa shape index (κ3) is 7.13. The second kappa shape index (κ2) is 6.25. The van der Waals surface area contributed by atoms with E-state index in [9.17, 15) is 4.79 Å². The summed E-state index contributed by atoms with van der Waals surface area (Å²) in [6.45, 7) is 0.411. The van der Waals surface area contributed by atoms with Gasteiger partial charge in [0.15, 0.2) is 0 Å². The third-order valence-electron chi connectivity index (χ3n) is 0.643. The van der Waals surface area contributed by atoms with Crippen molar-refractivity contribution in [2.75, 3.05) is 18.1 Å². The van der Waals surface area contributed by atoms with Gasteiger partial charge < -0.3 is 5.73 Å². The van der Waals surface area contributed by atoms with Crippen molar-refractivity contribution in [2.45, 2.75) is 0 Å². The predicted octanol–water partition coefficient (Wildman–Crippen LogP) is 0.515. The fourth-order valence-corrected chi connectivity index (χ4v) is 0.879. The Hall–Kier alpha value is -0.870. The first-order valence-corrected chi connectivity index (χ1v) is 3.79. The van der Waals surface area contributed by atoms with Crippen LogP contribution in [-0.4, -0.2) is 24.0 Å². The zero-order chi connectivity index (χ0) is 7.82. The highest BCUT2D eigenvalue weighted by molar-refractivity contribution is 7.99. The van der Waals surface area contributed by atoms with Gasteiger partial charge in [-0.2, -0.15) is 11.8 Å². The van der Waals surface area contributed by atoms with Gasteiger partial charge in [0.05, 0.1) is 5.75 Å². The van der Waals surface area contributed by atoms with E-state index in [-0.39, 0.29) is 5.91 Å². The van der Waals surface area contributed by atoms with Crippen molar-refractivity contribution in [3.63, 3.8) is 0 Å². The standard InChI is InChI=1S/C4H8N4OS/c5-4(9)3-10-2-1-7-8-6/h1-3H2,(H2,5,9). The van der Waals surface area contributed by atoms with E-state index in [0.29, 0.717) is 18.1 Å². The highest BCUT2D eigenvalue weighted by Crippen LogP contribution is 1.97. The van der Waals surface area contributed by atoms with Crippen molar-refractivity contribution in [1.29, 1.82) is 0 Å². The lowest BCUT2D eigenvalue weighted by atomic mass is 10.8. The van der Waals surface area contributed by atoms with Gasteiger partial charge in [0, 0.05) is 11.5 Å². The number of nitrogens with zero attached hydrogens (tertiary/aromatic N) is 3. The largest absolute Gasteiger partial charge is 0.369 e. The van der Waals surface area contributed by atoms with Crippen LogP contribution in [0.15, 0.2) is 5.11 Å². The first-order chi connectivity index (χ1) is 4.77. The molecule has 0 aliphatic heterocycles. The minimum absolute atomic E-state index is 0.293. The van der Waals surface area contributed by atoms with Crippen molar-refractivity contribution < 1.29 is 4.79 Å². The number of amides is 1. The van der Waals surface area contributed by atoms with Crippen LogP contribution >= 0.6 is 11.8 Å². The molecule has 0 rings (SSSR count). The molecule has 2 N–H and O–H groups in total. The smallest absolute Gasteiger partial charge is 0.227 e. The Morgan fingerprint density at radius 3 is 3.00 bits per heavy atom. The molecule has 0 unspecified atom stereocenters. The summed E-state index contributed by atoms with van der Waals surface area (Å²) >= 11 is 1.36. The van der Waals surface area contributed by atoms with Crippen LogP contribution in [0.5, 0.6) is 0 Å². The second-order valence-corrected chi connectivity index (χ2v) is 2.58. The molecule has 0 atom stereocenters. The number of carbonyl (C=O) groups excluding carboxylic acids is 1. The molecule has 0 saturated heterocycles. The molecular formula is C4H8N4OS. The number of azide groups is 1. The van der Waals surface area contributed by atoms with Gasteiger partial charge in [0.1, 0.15) is 0 Å². The van der Waals surface area contributed by atoms with Crippen LogP contribution in [0.4, 0.5) is 0 Å². The van der Waals surface area contributed by atoms with E-state index < -0.39 is 0 Å². The van der Waals surface area contributed by atoms with Crippen molar-refractivity contribution in [1.82, 2.24) is 0 Å². The predicted molar refractivity (Wildman–Crippen MR) is 40.5 cm³/mol. The number of hydrogen-bond donors (Lipinski definition) is 1. The van der Waals surface area contributed by atoms with Crippen LogP contribution in [0.1, 0.15) is 0 Å². The summed E-state index contributed by atoms with van der Waals surface area (Å²) in [7, 11) is 0. The zero-order valence-electron chi connectivity index (χ0n) is 5.36. The molecule has 0 spiro atoms. The van der Waals surface area contributed by atoms with Crippen LogP contribution in [0.25, 0.3) is 10.4 Å². The highest BCUT2D eigenvalue weighted by Gasteiger charge is 1.91. The van der Waals surface area contributed by atoms with E-state index >= 15 is 0 Å². The van der Waals surface area contributed by atoms with Crippen molar-refractivity contribution in [2.24, 2.45) is 10.8 Å². The van der Waals surface area contributed by atoms with Gasteiger partial charge in [-0.1, -0.05) is 5.11 Å². The van der Waals surface area contributed by atoms with E-state index in [1.54, 1.807) is 0 Å². The summed E-state index contributed by atoms with van der Waals surface area (Å²) in [6.07, 6.45) is 0. The quantitative estimate of drug-likeness (QED) is 0.275. The minimum atomic E-state index is -0.342. The van der Waals surface area contributed by atoms with Gasteiger partial charge in [-0.3, -0.25) is 4.79 Å². The fourth-order valence-electron chi connectivity index (χ4n) is 0.323. The van der Waals surface area contributed by atoms with E-state index in [4.69, 9.17) is 11.3 Å². The molecule has 0 saturated carbocycles. The van der Waals surface area contributed by atoms with E-state index in [0.717, 1.165) is 0 Å². The molecule has 0 aliphatic carbocycles. The van der Waals surface area contributed by atoms with E-state index in [1.807, 2.05) is 0 Å². The van der Waals surface area contributed by atoms with Crippen LogP contribution in [0.2, 0.25) is 0 Å². The van der Waals surface area contributed by atoms with Gasteiger partial charge in [-0.15, -0.1) is 0 Å². The lowest BCUT2D eigenvalue weighted by molar-refractivity contribution is -0.115. The molecule has 0 fully saturated rings. The first kappa shape index (κ1) is 9.13. The van der Waals surface area contributed by atoms with Crippen LogP contribution in [0.3, 0.4) is 0 Å². The van der Waals surface area contributed by atoms with Crippen molar-refractivity contribution in [3.05, 3.63) is 10.4 Å². The maximum atomic E-state index is 10.1. The Bertz CT molecular complexity index is 149. The Morgan fingerprint density at radius 1 is 1.80 bits per heavy atom. The third-order valence-corrected chi connectivity index (χ3v) is 1.60. The molecule has 0 aromatic heterocycles. The van der Waals surface area contributed by atoms with E-state index in [1.165, 1.54) is 11.8 Å². The van der Waals surface area contributed by atoms with Crippen LogP contribution in [-0.2, 0) is 4.79 Å². The van der Waals surface area contributed by atoms with Crippen LogP contribution < -0.4 is 5.73 Å². The topological polar surface area (TPSA) is 91.8 Å². The second-order valence-electron chi connectivity index (χ2n) is 1.47. The summed E-state index contributed by atoms with van der Waals surface area (Å²) in [6, 6.07) is 0. The van der Waals surface area contributed by atoms with Crippen molar-refractivity contribution >= 4 is 17.7 Å². The first-order valence-electron chi connectivity index (χ1n) is 2.64. The molecule has 0 radical (unpaired) electrons. The molecule has 10 heavy (non-hydrogen) atoms. The summed E-state index contributed by atoms with van der Waals surface area (Å²) in [4.78, 5) is 12.7. The Balaban J connectivity index is 3.05. The van der Waals surface area contributed by atoms with Gasteiger partial charge in [-0.05, 0) is 11.3 Å². The number of primary amides is 1. The number of carbonyl (C=O) groups is 1. The Kier molecular flexibility index (Phi) is 5.71. The molecule has 0 aliphatic rings. The van der Waals surface area contributed by atoms with E-state index in [2.05, 4.69) is 10.0 Å². The zero-order valence-corrected chi connectivity index (χ0v) is 6.17. The molecule has 5 nitrogen and oxygen atoms in total. The molecule has 56 valence electrons. The Morgan fingerprint density at radius 2 is 2.50 bits per heavy atom. The number of rotatable bonds is 5. The Labute approximate surface area is 62.6 Å². The lowest BCUT2D eigenvalue weighted by Gasteiger charge is -1.91. The molecule has 0 aromatic carbocycles. The summed E-state index contributed by atoms with van der Waals surface area (Å²) in [5.74, 6) is 0.597. The molecule has 6 heteroatoms. The maximum absolute atomic E-state index is 10.1. The van der Waals surface area contributed by atoms with Gasteiger partial charge in [-0.25, -0.2) is 0 Å².